The number of rotatable bonds is 5. The molecule has 6 heteroatoms. The summed E-state index contributed by atoms with van der Waals surface area (Å²) < 4.78 is 37.7. The van der Waals surface area contributed by atoms with E-state index in [1.54, 1.807) is 0 Å². The number of methoxy groups -OCH3 is 1. The lowest BCUT2D eigenvalue weighted by Gasteiger charge is -2.15. The molecule has 0 aromatic heterocycles. The molecule has 2 rings (SSSR count). The molecule has 0 unspecified atom stereocenters. The van der Waals surface area contributed by atoms with Gasteiger partial charge in [0.1, 0.15) is 18.2 Å². The predicted molar refractivity (Wildman–Crippen MR) is 74.6 cm³/mol. The van der Waals surface area contributed by atoms with E-state index in [0.29, 0.717) is 10.6 Å². The molecular formula is C15H13ClF2O3. The number of aliphatic hydroxyl groups is 1. The molecule has 0 amide bonds. The smallest absolute Gasteiger partial charge is 0.167 e. The highest BCUT2D eigenvalue weighted by molar-refractivity contribution is 6.30. The highest BCUT2D eigenvalue weighted by Gasteiger charge is 2.15. The summed E-state index contributed by atoms with van der Waals surface area (Å²) >= 11 is 5.88. The summed E-state index contributed by atoms with van der Waals surface area (Å²) in [5, 5.41) is 9.69. The van der Waals surface area contributed by atoms with Gasteiger partial charge in [-0.15, -0.1) is 0 Å². The molecule has 0 saturated heterocycles. The van der Waals surface area contributed by atoms with E-state index < -0.39 is 11.6 Å². The lowest BCUT2D eigenvalue weighted by atomic mass is 10.2. The van der Waals surface area contributed by atoms with Gasteiger partial charge in [0.15, 0.2) is 11.5 Å². The number of hydrogen-bond donors (Lipinski definition) is 1. The van der Waals surface area contributed by atoms with Gasteiger partial charge in [-0.25, -0.2) is 8.78 Å². The molecule has 1 N–H and O–H groups in total. The fourth-order valence-electron chi connectivity index (χ4n) is 1.87. The fourth-order valence-corrected chi connectivity index (χ4v) is 2.10. The Balaban J connectivity index is 2.31. The van der Waals surface area contributed by atoms with E-state index in [1.807, 2.05) is 0 Å². The maximum Gasteiger partial charge on any atom is 0.167 e. The van der Waals surface area contributed by atoms with Crippen LogP contribution >= 0.6 is 11.6 Å². The minimum atomic E-state index is -0.700. The normalized spacial score (nSPS) is 10.5. The summed E-state index contributed by atoms with van der Waals surface area (Å²) in [5.41, 5.74) is 0.175. The van der Waals surface area contributed by atoms with Gasteiger partial charge in [-0.05, 0) is 18.2 Å². The number of hydrogen-bond acceptors (Lipinski definition) is 3. The van der Waals surface area contributed by atoms with E-state index in [4.69, 9.17) is 21.1 Å². The average molecular weight is 315 g/mol. The SMILES string of the molecule is COc1cc(Cl)cc(CO)c1OCc1c(F)cccc1F. The average Bonchev–Trinajstić information content (AvgIpc) is 2.47. The summed E-state index contributed by atoms with van der Waals surface area (Å²) in [5.74, 6) is -0.919. The van der Waals surface area contributed by atoms with Crippen LogP contribution in [0.3, 0.4) is 0 Å². The zero-order chi connectivity index (χ0) is 15.4. The van der Waals surface area contributed by atoms with Crippen molar-refractivity contribution >= 4 is 11.6 Å². The van der Waals surface area contributed by atoms with Gasteiger partial charge in [0.2, 0.25) is 0 Å². The topological polar surface area (TPSA) is 38.7 Å². The molecule has 2 aromatic carbocycles. The lowest BCUT2D eigenvalue weighted by molar-refractivity contribution is 0.245. The van der Waals surface area contributed by atoms with Crippen molar-refractivity contribution in [1.29, 1.82) is 0 Å². The molecule has 0 atom stereocenters. The molecule has 0 aliphatic carbocycles. The Morgan fingerprint density at radius 1 is 1.19 bits per heavy atom. The predicted octanol–water partition coefficient (Wildman–Crippen LogP) is 3.70. The van der Waals surface area contributed by atoms with Gasteiger partial charge in [0, 0.05) is 16.7 Å². The van der Waals surface area contributed by atoms with Crippen molar-refractivity contribution in [1.82, 2.24) is 0 Å². The van der Waals surface area contributed by atoms with Gasteiger partial charge in [-0.2, -0.15) is 0 Å². The minimum Gasteiger partial charge on any atom is -0.493 e. The molecule has 0 radical (unpaired) electrons. The Morgan fingerprint density at radius 2 is 1.86 bits per heavy atom. The van der Waals surface area contributed by atoms with Crippen LogP contribution in [0.15, 0.2) is 30.3 Å². The Hall–Kier alpha value is -1.85. The van der Waals surface area contributed by atoms with Gasteiger partial charge in [0.25, 0.3) is 0 Å². The minimum absolute atomic E-state index is 0.196. The van der Waals surface area contributed by atoms with Crippen LogP contribution in [-0.4, -0.2) is 12.2 Å². The Bertz CT molecular complexity index is 602. The summed E-state index contributed by atoms with van der Waals surface area (Å²) in [6.07, 6.45) is 0. The molecule has 112 valence electrons. The molecule has 3 nitrogen and oxygen atoms in total. The first-order chi connectivity index (χ1) is 10.1. The summed E-state index contributed by atoms with van der Waals surface area (Å²) in [7, 11) is 1.41. The maximum atomic E-state index is 13.6. The van der Waals surface area contributed by atoms with Crippen LogP contribution in [0.2, 0.25) is 5.02 Å². The molecule has 0 saturated carbocycles. The van der Waals surface area contributed by atoms with Crippen molar-refractivity contribution in [3.63, 3.8) is 0 Å². The van der Waals surface area contributed by atoms with Crippen molar-refractivity contribution in [2.75, 3.05) is 7.11 Å². The number of aliphatic hydroxyl groups excluding tert-OH is 1. The molecule has 2 aromatic rings. The first kappa shape index (κ1) is 15.5. The molecular weight excluding hydrogens is 302 g/mol. The number of halogens is 3. The van der Waals surface area contributed by atoms with Gasteiger partial charge in [-0.1, -0.05) is 17.7 Å². The van der Waals surface area contributed by atoms with Crippen LogP contribution in [0.1, 0.15) is 11.1 Å². The molecule has 0 bridgehead atoms. The first-order valence-electron chi connectivity index (χ1n) is 6.09. The first-order valence-corrected chi connectivity index (χ1v) is 6.47. The summed E-state index contributed by atoms with van der Waals surface area (Å²) in [4.78, 5) is 0. The van der Waals surface area contributed by atoms with Crippen molar-refractivity contribution in [2.45, 2.75) is 13.2 Å². The van der Waals surface area contributed by atoms with Crippen molar-refractivity contribution in [3.05, 3.63) is 58.1 Å². The third kappa shape index (κ3) is 3.43. The maximum absolute atomic E-state index is 13.6. The standard InChI is InChI=1S/C15H13ClF2O3/c1-20-14-6-10(16)5-9(7-19)15(14)21-8-11-12(17)3-2-4-13(11)18/h2-6,19H,7-8H2,1H3. The van der Waals surface area contributed by atoms with Crippen LogP contribution in [0.25, 0.3) is 0 Å². The van der Waals surface area contributed by atoms with Crippen molar-refractivity contribution in [3.8, 4) is 11.5 Å². The van der Waals surface area contributed by atoms with Crippen molar-refractivity contribution in [2.24, 2.45) is 0 Å². The third-order valence-electron chi connectivity index (χ3n) is 2.91. The van der Waals surface area contributed by atoms with E-state index in [9.17, 15) is 13.9 Å². The van der Waals surface area contributed by atoms with Crippen molar-refractivity contribution < 1.29 is 23.4 Å². The van der Waals surface area contributed by atoms with Gasteiger partial charge in [-0.3, -0.25) is 0 Å². The molecule has 0 aliphatic heterocycles. The lowest BCUT2D eigenvalue weighted by Crippen LogP contribution is -2.05. The molecule has 0 fully saturated rings. The van der Waals surface area contributed by atoms with Crippen LogP contribution in [-0.2, 0) is 13.2 Å². The van der Waals surface area contributed by atoms with E-state index in [2.05, 4.69) is 0 Å². The zero-order valence-corrected chi connectivity index (χ0v) is 12.0. The molecule has 0 heterocycles. The Morgan fingerprint density at radius 3 is 2.43 bits per heavy atom. The third-order valence-corrected chi connectivity index (χ3v) is 3.13. The monoisotopic (exact) mass is 314 g/mol. The van der Waals surface area contributed by atoms with E-state index in [0.717, 1.165) is 12.1 Å². The highest BCUT2D eigenvalue weighted by Crippen LogP contribution is 2.35. The van der Waals surface area contributed by atoms with E-state index >= 15 is 0 Å². The molecule has 0 spiro atoms. The highest BCUT2D eigenvalue weighted by atomic mass is 35.5. The molecule has 21 heavy (non-hydrogen) atoms. The Labute approximate surface area is 125 Å². The summed E-state index contributed by atoms with van der Waals surface area (Å²) in [6.45, 7) is -0.671. The van der Waals surface area contributed by atoms with Crippen LogP contribution in [0.5, 0.6) is 11.5 Å². The second-order valence-corrected chi connectivity index (χ2v) is 4.68. The van der Waals surface area contributed by atoms with E-state index in [1.165, 1.54) is 25.3 Å². The fraction of sp³-hybridized carbons (Fsp3) is 0.200. The van der Waals surface area contributed by atoms with Crippen LogP contribution in [0, 0.1) is 11.6 Å². The van der Waals surface area contributed by atoms with Gasteiger partial charge >= 0.3 is 0 Å². The van der Waals surface area contributed by atoms with E-state index in [-0.39, 0.29) is 30.3 Å². The number of benzene rings is 2. The second kappa shape index (κ2) is 6.74. The van der Waals surface area contributed by atoms with Crippen LogP contribution < -0.4 is 9.47 Å². The quantitative estimate of drug-likeness (QED) is 0.914. The number of ether oxygens (including phenoxy) is 2. The van der Waals surface area contributed by atoms with Gasteiger partial charge < -0.3 is 14.6 Å². The Kier molecular flexibility index (Phi) is 4.98. The van der Waals surface area contributed by atoms with Crippen LogP contribution in [0.4, 0.5) is 8.78 Å². The molecule has 0 aliphatic rings. The zero-order valence-electron chi connectivity index (χ0n) is 11.2. The largest absolute Gasteiger partial charge is 0.493 e. The second-order valence-electron chi connectivity index (χ2n) is 4.24. The summed E-state index contributed by atoms with van der Waals surface area (Å²) in [6, 6.07) is 6.56. The van der Waals surface area contributed by atoms with Gasteiger partial charge in [0.05, 0.1) is 19.3 Å².